The van der Waals surface area contributed by atoms with Crippen molar-refractivity contribution in [3.63, 3.8) is 0 Å². The van der Waals surface area contributed by atoms with Gasteiger partial charge in [-0.1, -0.05) is 24.3 Å². The summed E-state index contributed by atoms with van der Waals surface area (Å²) in [5.74, 6) is -0.614. The van der Waals surface area contributed by atoms with Crippen molar-refractivity contribution in [2.45, 2.75) is 18.4 Å². The number of aryl methyl sites for hydroxylation is 1. The first-order valence-electron chi connectivity index (χ1n) is 6.63. The molecule has 0 amide bonds. The number of aromatic amines is 1. The molecule has 2 aromatic carbocycles. The fourth-order valence-electron chi connectivity index (χ4n) is 2.16. The molecule has 7 heteroatoms. The standard InChI is InChI=1S/C15H14N2O4S/c1-10-4-2-3-5-11(10)9-16-22(19,20)12-6-7-14-13(8-12)17-15(18)21-14/h2-8,16H,9H2,1H3,(H,17,18). The number of benzene rings is 2. The number of aromatic nitrogens is 1. The van der Waals surface area contributed by atoms with Gasteiger partial charge in [0.2, 0.25) is 10.0 Å². The van der Waals surface area contributed by atoms with Crippen LogP contribution in [0.15, 0.2) is 56.6 Å². The predicted octanol–water partition coefficient (Wildman–Crippen LogP) is 1.91. The lowest BCUT2D eigenvalue weighted by molar-refractivity contribution is 0.555. The van der Waals surface area contributed by atoms with Gasteiger partial charge in [-0.25, -0.2) is 17.9 Å². The first-order valence-corrected chi connectivity index (χ1v) is 8.11. The second kappa shape index (κ2) is 5.43. The van der Waals surface area contributed by atoms with E-state index >= 15 is 0 Å². The molecule has 6 nitrogen and oxygen atoms in total. The van der Waals surface area contributed by atoms with Gasteiger partial charge in [-0.3, -0.25) is 4.98 Å². The van der Waals surface area contributed by atoms with Crippen LogP contribution in [0.4, 0.5) is 0 Å². The van der Waals surface area contributed by atoms with Crippen LogP contribution in [-0.2, 0) is 16.6 Å². The van der Waals surface area contributed by atoms with Crippen molar-refractivity contribution in [1.82, 2.24) is 9.71 Å². The summed E-state index contributed by atoms with van der Waals surface area (Å²) in [6.07, 6.45) is 0. The van der Waals surface area contributed by atoms with Crippen molar-refractivity contribution < 1.29 is 12.8 Å². The van der Waals surface area contributed by atoms with Gasteiger partial charge in [-0.15, -0.1) is 0 Å². The van der Waals surface area contributed by atoms with Gasteiger partial charge in [-0.05, 0) is 36.2 Å². The molecule has 0 spiro atoms. The van der Waals surface area contributed by atoms with Gasteiger partial charge >= 0.3 is 5.76 Å². The van der Waals surface area contributed by atoms with Gasteiger partial charge in [-0.2, -0.15) is 0 Å². The van der Waals surface area contributed by atoms with Crippen molar-refractivity contribution in [2.75, 3.05) is 0 Å². The van der Waals surface area contributed by atoms with Crippen LogP contribution in [0.25, 0.3) is 11.1 Å². The summed E-state index contributed by atoms with van der Waals surface area (Å²) < 4.78 is 32.1. The zero-order valence-corrected chi connectivity index (χ0v) is 12.6. The van der Waals surface area contributed by atoms with Crippen LogP contribution in [0.2, 0.25) is 0 Å². The maximum atomic E-state index is 12.3. The topological polar surface area (TPSA) is 92.2 Å². The fourth-order valence-corrected chi connectivity index (χ4v) is 3.20. The summed E-state index contributed by atoms with van der Waals surface area (Å²) in [4.78, 5) is 13.6. The van der Waals surface area contributed by atoms with Gasteiger partial charge < -0.3 is 4.42 Å². The Hall–Kier alpha value is -2.38. The van der Waals surface area contributed by atoms with Gasteiger partial charge in [0, 0.05) is 6.54 Å². The molecule has 22 heavy (non-hydrogen) atoms. The number of hydrogen-bond acceptors (Lipinski definition) is 4. The number of nitrogens with one attached hydrogen (secondary N) is 2. The minimum Gasteiger partial charge on any atom is -0.408 e. The molecule has 0 saturated heterocycles. The highest BCUT2D eigenvalue weighted by molar-refractivity contribution is 7.89. The average molecular weight is 318 g/mol. The molecule has 0 saturated carbocycles. The predicted molar refractivity (Wildman–Crippen MR) is 82.0 cm³/mol. The summed E-state index contributed by atoms with van der Waals surface area (Å²) in [6, 6.07) is 11.8. The summed E-state index contributed by atoms with van der Waals surface area (Å²) in [7, 11) is -3.67. The van der Waals surface area contributed by atoms with E-state index in [4.69, 9.17) is 4.42 Å². The lowest BCUT2D eigenvalue weighted by Gasteiger charge is -2.08. The molecule has 0 unspecified atom stereocenters. The third-order valence-electron chi connectivity index (χ3n) is 3.41. The summed E-state index contributed by atoms with van der Waals surface area (Å²) >= 11 is 0. The molecule has 0 fully saturated rings. The zero-order valence-electron chi connectivity index (χ0n) is 11.8. The molecule has 2 N–H and O–H groups in total. The summed E-state index contributed by atoms with van der Waals surface area (Å²) in [5, 5.41) is 0. The Kier molecular flexibility index (Phi) is 3.59. The van der Waals surface area contributed by atoms with E-state index in [9.17, 15) is 13.2 Å². The Morgan fingerprint density at radius 2 is 1.95 bits per heavy atom. The Morgan fingerprint density at radius 3 is 2.73 bits per heavy atom. The average Bonchev–Trinajstić information content (AvgIpc) is 2.85. The SMILES string of the molecule is Cc1ccccc1CNS(=O)(=O)c1ccc2oc(=O)[nH]c2c1. The van der Waals surface area contributed by atoms with Crippen molar-refractivity contribution in [3.05, 3.63) is 64.1 Å². The summed E-state index contributed by atoms with van der Waals surface area (Å²) in [6.45, 7) is 2.13. The van der Waals surface area contributed by atoms with Crippen molar-refractivity contribution >= 4 is 21.1 Å². The number of oxazole rings is 1. The lowest BCUT2D eigenvalue weighted by atomic mass is 10.1. The van der Waals surface area contributed by atoms with E-state index in [1.165, 1.54) is 18.2 Å². The maximum Gasteiger partial charge on any atom is 0.417 e. The fraction of sp³-hybridized carbons (Fsp3) is 0.133. The Labute approximate surface area is 126 Å². The molecule has 0 aliphatic heterocycles. The van der Waals surface area contributed by atoms with Crippen LogP contribution in [0.3, 0.4) is 0 Å². The highest BCUT2D eigenvalue weighted by atomic mass is 32.2. The molecular weight excluding hydrogens is 304 g/mol. The first kappa shape index (κ1) is 14.6. The van der Waals surface area contributed by atoms with E-state index in [1.807, 2.05) is 31.2 Å². The summed E-state index contributed by atoms with van der Waals surface area (Å²) in [5.41, 5.74) is 2.59. The Balaban J connectivity index is 1.88. The van der Waals surface area contributed by atoms with Crippen LogP contribution >= 0.6 is 0 Å². The smallest absolute Gasteiger partial charge is 0.408 e. The van der Waals surface area contributed by atoms with E-state index in [-0.39, 0.29) is 11.4 Å². The van der Waals surface area contributed by atoms with E-state index in [2.05, 4.69) is 9.71 Å². The molecule has 3 rings (SSSR count). The largest absolute Gasteiger partial charge is 0.417 e. The molecule has 114 valence electrons. The van der Waals surface area contributed by atoms with Crippen LogP contribution in [-0.4, -0.2) is 13.4 Å². The van der Waals surface area contributed by atoms with Gasteiger partial charge in [0.1, 0.15) is 0 Å². The number of rotatable bonds is 4. The minimum absolute atomic E-state index is 0.0747. The Bertz CT molecular complexity index is 986. The maximum absolute atomic E-state index is 12.3. The monoisotopic (exact) mass is 318 g/mol. The van der Waals surface area contributed by atoms with Crippen molar-refractivity contribution in [3.8, 4) is 0 Å². The molecule has 0 radical (unpaired) electrons. The van der Waals surface area contributed by atoms with Crippen molar-refractivity contribution in [2.24, 2.45) is 0 Å². The van der Waals surface area contributed by atoms with E-state index < -0.39 is 15.8 Å². The molecule has 0 aliphatic carbocycles. The zero-order chi connectivity index (χ0) is 15.7. The van der Waals surface area contributed by atoms with Gasteiger partial charge in [0.05, 0.1) is 10.4 Å². The first-order chi connectivity index (χ1) is 10.5. The van der Waals surface area contributed by atoms with E-state index in [0.29, 0.717) is 11.1 Å². The number of hydrogen-bond donors (Lipinski definition) is 2. The molecule has 1 aromatic heterocycles. The van der Waals surface area contributed by atoms with Crippen LogP contribution in [0.5, 0.6) is 0 Å². The van der Waals surface area contributed by atoms with Crippen molar-refractivity contribution in [1.29, 1.82) is 0 Å². The second-order valence-electron chi connectivity index (χ2n) is 4.92. The van der Waals surface area contributed by atoms with Crippen LogP contribution < -0.4 is 10.5 Å². The minimum atomic E-state index is -3.67. The molecule has 1 heterocycles. The molecular formula is C15H14N2O4S. The lowest BCUT2D eigenvalue weighted by Crippen LogP contribution is -2.23. The van der Waals surface area contributed by atoms with Crippen LogP contribution in [0, 0.1) is 6.92 Å². The highest BCUT2D eigenvalue weighted by Crippen LogP contribution is 2.17. The molecule has 0 atom stereocenters. The van der Waals surface area contributed by atoms with Crippen LogP contribution in [0.1, 0.15) is 11.1 Å². The van der Waals surface area contributed by atoms with Gasteiger partial charge in [0.15, 0.2) is 5.58 Å². The number of fused-ring (bicyclic) bond motifs is 1. The number of H-pyrrole nitrogens is 1. The Morgan fingerprint density at radius 1 is 1.18 bits per heavy atom. The second-order valence-corrected chi connectivity index (χ2v) is 6.69. The molecule has 0 aliphatic rings. The van der Waals surface area contributed by atoms with E-state index in [0.717, 1.165) is 11.1 Å². The van der Waals surface area contributed by atoms with E-state index in [1.54, 1.807) is 0 Å². The molecule has 3 aromatic rings. The highest BCUT2D eigenvalue weighted by Gasteiger charge is 2.15. The third-order valence-corrected chi connectivity index (χ3v) is 4.81. The molecule has 0 bridgehead atoms. The normalized spacial score (nSPS) is 11.9. The van der Waals surface area contributed by atoms with Gasteiger partial charge in [0.25, 0.3) is 0 Å². The third kappa shape index (κ3) is 2.81. The number of sulfonamides is 1. The quantitative estimate of drug-likeness (QED) is 0.768.